The van der Waals surface area contributed by atoms with Crippen LogP contribution in [0.25, 0.3) is 0 Å². The van der Waals surface area contributed by atoms with Crippen LogP contribution in [-0.4, -0.2) is 35.7 Å². The molecule has 6 heteroatoms. The first-order valence-electron chi connectivity index (χ1n) is 11.1. The molecular formula is C24H36N4O2. The molecule has 6 nitrogen and oxygen atoms in total. The first kappa shape index (κ1) is 23.8. The molecule has 0 fully saturated rings. The molecule has 0 aliphatic carbocycles. The average molecular weight is 413 g/mol. The molecule has 0 saturated heterocycles. The highest BCUT2D eigenvalue weighted by atomic mass is 16.7. The topological polar surface area (TPSA) is 66.5 Å². The molecule has 1 aromatic heterocycles. The van der Waals surface area contributed by atoms with E-state index in [1.165, 1.54) is 24.8 Å². The third-order valence-corrected chi connectivity index (χ3v) is 4.91. The van der Waals surface area contributed by atoms with Crippen molar-refractivity contribution in [2.45, 2.75) is 58.6 Å². The van der Waals surface area contributed by atoms with E-state index in [0.29, 0.717) is 13.2 Å². The van der Waals surface area contributed by atoms with Gasteiger partial charge in [-0.25, -0.2) is 4.79 Å². The molecule has 1 aromatic carbocycles. The van der Waals surface area contributed by atoms with Crippen LogP contribution >= 0.6 is 0 Å². The Bertz CT molecular complexity index is 682. The number of carbonyl (C=O) groups excluding carboxylic acids is 1. The maximum atomic E-state index is 11.8. The summed E-state index contributed by atoms with van der Waals surface area (Å²) in [6.45, 7) is 5.87. The molecule has 0 aliphatic rings. The second-order valence-corrected chi connectivity index (χ2v) is 7.37. The molecule has 1 heterocycles. The predicted octanol–water partition coefficient (Wildman–Crippen LogP) is 4.68. The summed E-state index contributed by atoms with van der Waals surface area (Å²) in [5.41, 5.74) is 2.20. The van der Waals surface area contributed by atoms with Crippen molar-refractivity contribution >= 4 is 6.03 Å². The number of carbonyl (C=O) groups is 1. The van der Waals surface area contributed by atoms with Crippen LogP contribution in [0.2, 0.25) is 0 Å². The van der Waals surface area contributed by atoms with E-state index in [2.05, 4.69) is 39.7 Å². The van der Waals surface area contributed by atoms with Gasteiger partial charge in [-0.1, -0.05) is 69.0 Å². The molecule has 2 N–H and O–H groups in total. The van der Waals surface area contributed by atoms with Gasteiger partial charge in [-0.3, -0.25) is 9.82 Å². The minimum Gasteiger partial charge on any atom is -0.338 e. The Morgan fingerprint density at radius 1 is 0.933 bits per heavy atom. The number of rotatable bonds is 15. The summed E-state index contributed by atoms with van der Waals surface area (Å²) in [6, 6.07) is 14.0. The van der Waals surface area contributed by atoms with Crippen LogP contribution in [0.3, 0.4) is 0 Å². The number of hydrogen-bond acceptors (Lipinski definition) is 4. The van der Waals surface area contributed by atoms with Crippen molar-refractivity contribution in [1.29, 1.82) is 0 Å². The zero-order valence-electron chi connectivity index (χ0n) is 18.2. The van der Waals surface area contributed by atoms with E-state index in [-0.39, 0.29) is 6.03 Å². The second-order valence-electron chi connectivity index (χ2n) is 7.37. The lowest BCUT2D eigenvalue weighted by Gasteiger charge is -2.20. The number of hydroxylamine groups is 2. The highest BCUT2D eigenvalue weighted by Gasteiger charge is 2.03. The van der Waals surface area contributed by atoms with Crippen LogP contribution in [0.5, 0.6) is 0 Å². The standard InChI is InChI=1S/C24H36N4O2/c1-2-28(30-21-22-13-8-7-9-14-22)18-11-6-4-3-5-10-17-26-24(29)27-20-23-15-12-16-25-19-23/h7-9,12-16,19H,2-6,10-11,17-18,20-21H2,1H3,(H2,26,27,29). The number of hydrogen-bond donors (Lipinski definition) is 2. The third kappa shape index (κ3) is 10.9. The van der Waals surface area contributed by atoms with Gasteiger partial charge in [0.25, 0.3) is 0 Å². The summed E-state index contributed by atoms with van der Waals surface area (Å²) in [5, 5.41) is 7.82. The molecular weight excluding hydrogens is 376 g/mol. The number of unbranched alkanes of at least 4 members (excludes halogenated alkanes) is 5. The first-order chi connectivity index (χ1) is 14.8. The summed E-state index contributed by atoms with van der Waals surface area (Å²) in [7, 11) is 0. The van der Waals surface area contributed by atoms with E-state index in [4.69, 9.17) is 4.84 Å². The lowest BCUT2D eigenvalue weighted by atomic mass is 10.1. The number of nitrogens with zero attached hydrogens (tertiary/aromatic N) is 2. The summed E-state index contributed by atoms with van der Waals surface area (Å²) < 4.78 is 0. The first-order valence-corrected chi connectivity index (χ1v) is 11.1. The Kier molecular flexibility index (Phi) is 12.2. The van der Waals surface area contributed by atoms with Crippen LogP contribution in [0.1, 0.15) is 56.6 Å². The Hall–Kier alpha value is -2.44. The largest absolute Gasteiger partial charge is 0.338 e. The highest BCUT2D eigenvalue weighted by molar-refractivity contribution is 5.73. The Morgan fingerprint density at radius 2 is 1.67 bits per heavy atom. The molecule has 0 spiro atoms. The summed E-state index contributed by atoms with van der Waals surface area (Å²) in [5.74, 6) is 0. The summed E-state index contributed by atoms with van der Waals surface area (Å²) in [4.78, 5) is 21.7. The van der Waals surface area contributed by atoms with Gasteiger partial charge >= 0.3 is 6.03 Å². The lowest BCUT2D eigenvalue weighted by Crippen LogP contribution is -2.35. The summed E-state index contributed by atoms with van der Waals surface area (Å²) in [6.07, 6.45) is 10.4. The van der Waals surface area contributed by atoms with Crippen LogP contribution in [0, 0.1) is 0 Å². The molecule has 0 aliphatic heterocycles. The molecule has 0 bridgehead atoms. The van der Waals surface area contributed by atoms with Gasteiger partial charge in [-0.15, -0.1) is 0 Å². The van der Waals surface area contributed by atoms with Crippen molar-refractivity contribution in [3.05, 3.63) is 66.0 Å². The number of aromatic nitrogens is 1. The van der Waals surface area contributed by atoms with Gasteiger partial charge in [-0.05, 0) is 30.0 Å². The van der Waals surface area contributed by atoms with Crippen LogP contribution in [0.15, 0.2) is 54.9 Å². The highest BCUT2D eigenvalue weighted by Crippen LogP contribution is 2.08. The van der Waals surface area contributed by atoms with E-state index >= 15 is 0 Å². The average Bonchev–Trinajstić information content (AvgIpc) is 2.80. The van der Waals surface area contributed by atoms with Crippen molar-refractivity contribution < 1.29 is 9.63 Å². The number of nitrogens with one attached hydrogen (secondary N) is 2. The molecule has 0 atom stereocenters. The lowest BCUT2D eigenvalue weighted by molar-refractivity contribution is -0.167. The van der Waals surface area contributed by atoms with Gasteiger partial charge in [0.1, 0.15) is 0 Å². The zero-order chi connectivity index (χ0) is 21.3. The fraction of sp³-hybridized carbons (Fsp3) is 0.500. The molecule has 2 aromatic rings. The van der Waals surface area contributed by atoms with E-state index in [1.807, 2.05) is 30.3 Å². The smallest absolute Gasteiger partial charge is 0.315 e. The van der Waals surface area contributed by atoms with Crippen molar-refractivity contribution in [2.24, 2.45) is 0 Å². The minimum atomic E-state index is -0.117. The van der Waals surface area contributed by atoms with Crippen LogP contribution in [0.4, 0.5) is 4.79 Å². The SMILES string of the molecule is CCN(CCCCCCCCNC(=O)NCc1cccnc1)OCc1ccccc1. The van der Waals surface area contributed by atoms with Crippen LogP contribution in [-0.2, 0) is 18.0 Å². The van der Waals surface area contributed by atoms with E-state index in [1.54, 1.807) is 12.4 Å². The molecule has 0 unspecified atom stereocenters. The van der Waals surface area contributed by atoms with Gasteiger partial charge < -0.3 is 10.6 Å². The monoisotopic (exact) mass is 412 g/mol. The fourth-order valence-electron chi connectivity index (χ4n) is 3.12. The van der Waals surface area contributed by atoms with E-state index in [0.717, 1.165) is 44.5 Å². The predicted molar refractivity (Wildman–Crippen MR) is 121 cm³/mol. The van der Waals surface area contributed by atoms with Gasteiger partial charge in [0.2, 0.25) is 0 Å². The van der Waals surface area contributed by atoms with Crippen molar-refractivity contribution in [1.82, 2.24) is 20.7 Å². The van der Waals surface area contributed by atoms with Crippen molar-refractivity contribution in [3.63, 3.8) is 0 Å². The number of amides is 2. The molecule has 30 heavy (non-hydrogen) atoms. The minimum absolute atomic E-state index is 0.117. The maximum Gasteiger partial charge on any atom is 0.315 e. The van der Waals surface area contributed by atoms with Crippen molar-refractivity contribution in [2.75, 3.05) is 19.6 Å². The Morgan fingerprint density at radius 3 is 2.40 bits per heavy atom. The normalized spacial score (nSPS) is 10.9. The number of benzene rings is 1. The Labute approximate surface area is 181 Å². The van der Waals surface area contributed by atoms with Crippen LogP contribution < -0.4 is 10.6 Å². The van der Waals surface area contributed by atoms with Gasteiger partial charge in [0.15, 0.2) is 0 Å². The molecule has 164 valence electrons. The third-order valence-electron chi connectivity index (χ3n) is 4.91. The Balaban J connectivity index is 1.40. The molecule has 2 amide bonds. The summed E-state index contributed by atoms with van der Waals surface area (Å²) >= 11 is 0. The molecule has 0 saturated carbocycles. The quantitative estimate of drug-likeness (QED) is 0.329. The van der Waals surface area contributed by atoms with Gasteiger partial charge in [-0.2, -0.15) is 5.06 Å². The maximum absolute atomic E-state index is 11.8. The van der Waals surface area contributed by atoms with E-state index < -0.39 is 0 Å². The van der Waals surface area contributed by atoms with Gasteiger partial charge in [0.05, 0.1) is 6.61 Å². The van der Waals surface area contributed by atoms with Crippen molar-refractivity contribution in [3.8, 4) is 0 Å². The number of pyridine rings is 1. The molecule has 2 rings (SSSR count). The van der Waals surface area contributed by atoms with Gasteiger partial charge in [0, 0.05) is 38.6 Å². The zero-order valence-corrected chi connectivity index (χ0v) is 18.2. The molecule has 0 radical (unpaired) electrons. The fourth-order valence-corrected chi connectivity index (χ4v) is 3.12. The van der Waals surface area contributed by atoms with E-state index in [9.17, 15) is 4.79 Å². The number of urea groups is 1. The second kappa shape index (κ2) is 15.4.